The molecule has 110 valence electrons. The van der Waals surface area contributed by atoms with E-state index in [1.54, 1.807) is 30.3 Å². The number of nitrogens with zero attached hydrogens (tertiary/aromatic N) is 1. The molecule has 1 heterocycles. The molecule has 0 saturated carbocycles. The number of ether oxygens (including phenoxy) is 1. The molecule has 3 rings (SSSR count). The first-order valence-electron chi connectivity index (χ1n) is 6.46. The number of nitro groups is 1. The van der Waals surface area contributed by atoms with Gasteiger partial charge in [-0.15, -0.1) is 0 Å². The van der Waals surface area contributed by atoms with Gasteiger partial charge in [-0.2, -0.15) is 0 Å². The molecule has 2 aromatic carbocycles. The quantitative estimate of drug-likeness (QED) is 0.546. The van der Waals surface area contributed by atoms with E-state index in [0.717, 1.165) is 0 Å². The molecule has 0 bridgehead atoms. The maximum absolute atomic E-state index is 12.1. The van der Waals surface area contributed by atoms with Crippen LogP contribution in [-0.4, -0.2) is 12.0 Å². The average molecular weight is 297 g/mol. The minimum atomic E-state index is -0.535. The fourth-order valence-corrected chi connectivity index (χ4v) is 2.23. The van der Waals surface area contributed by atoms with Crippen molar-refractivity contribution in [1.82, 2.24) is 0 Å². The molecular formula is C16H11NO5. The second kappa shape index (κ2) is 5.33. The number of rotatable bonds is 3. The summed E-state index contributed by atoms with van der Waals surface area (Å²) in [7, 11) is 1.43. The van der Waals surface area contributed by atoms with E-state index in [-0.39, 0.29) is 22.4 Å². The molecule has 0 unspecified atom stereocenters. The highest BCUT2D eigenvalue weighted by Crippen LogP contribution is 2.33. The van der Waals surface area contributed by atoms with Gasteiger partial charge in [0.25, 0.3) is 5.69 Å². The van der Waals surface area contributed by atoms with Crippen molar-refractivity contribution >= 4 is 16.7 Å². The van der Waals surface area contributed by atoms with E-state index in [1.165, 1.54) is 25.3 Å². The van der Waals surface area contributed by atoms with Crippen molar-refractivity contribution < 1.29 is 14.1 Å². The molecule has 0 atom stereocenters. The first-order chi connectivity index (χ1) is 10.6. The second-order valence-corrected chi connectivity index (χ2v) is 4.61. The molecule has 0 aliphatic carbocycles. The van der Waals surface area contributed by atoms with Crippen molar-refractivity contribution in [3.05, 3.63) is 68.9 Å². The van der Waals surface area contributed by atoms with Crippen LogP contribution >= 0.6 is 0 Å². The Morgan fingerprint density at radius 3 is 2.64 bits per heavy atom. The van der Waals surface area contributed by atoms with Crippen molar-refractivity contribution in [3.8, 4) is 17.1 Å². The lowest BCUT2D eigenvalue weighted by atomic mass is 10.1. The standard InChI is InChI=1S/C16H11NO5/c1-21-10-6-7-11(13(8-10)17(19)20)16-9-14(18)12-4-2-3-5-15(12)22-16/h2-9H,1H3. The molecule has 0 amide bonds. The Bertz CT molecular complexity index is 929. The number of fused-ring (bicyclic) bond motifs is 1. The third-order valence-corrected chi connectivity index (χ3v) is 3.30. The zero-order chi connectivity index (χ0) is 15.7. The molecule has 0 fully saturated rings. The third-order valence-electron chi connectivity index (χ3n) is 3.30. The highest BCUT2D eigenvalue weighted by molar-refractivity contribution is 5.80. The van der Waals surface area contributed by atoms with E-state index in [9.17, 15) is 14.9 Å². The van der Waals surface area contributed by atoms with Crippen LogP contribution in [0.2, 0.25) is 0 Å². The molecule has 0 radical (unpaired) electrons. The summed E-state index contributed by atoms with van der Waals surface area (Å²) in [5, 5.41) is 11.7. The van der Waals surface area contributed by atoms with Crippen molar-refractivity contribution in [2.45, 2.75) is 0 Å². The van der Waals surface area contributed by atoms with Gasteiger partial charge in [-0.1, -0.05) is 12.1 Å². The summed E-state index contributed by atoms with van der Waals surface area (Å²) in [5.41, 5.74) is 0.184. The van der Waals surface area contributed by atoms with Crippen molar-refractivity contribution in [3.63, 3.8) is 0 Å². The van der Waals surface area contributed by atoms with Gasteiger partial charge in [0.2, 0.25) is 0 Å². The SMILES string of the molecule is COc1ccc(-c2cc(=O)c3ccccc3o2)c([N+](=O)[O-])c1. The second-order valence-electron chi connectivity index (χ2n) is 4.61. The van der Waals surface area contributed by atoms with Gasteiger partial charge in [0.05, 0.1) is 29.0 Å². The zero-order valence-electron chi connectivity index (χ0n) is 11.6. The van der Waals surface area contributed by atoms with E-state index >= 15 is 0 Å². The number of hydrogen-bond acceptors (Lipinski definition) is 5. The number of methoxy groups -OCH3 is 1. The smallest absolute Gasteiger partial charge is 0.284 e. The summed E-state index contributed by atoms with van der Waals surface area (Å²) in [6.07, 6.45) is 0. The Balaban J connectivity index is 2.27. The van der Waals surface area contributed by atoms with Gasteiger partial charge in [-0.05, 0) is 24.3 Å². The molecule has 3 aromatic rings. The summed E-state index contributed by atoms with van der Waals surface area (Å²) < 4.78 is 10.6. The summed E-state index contributed by atoms with van der Waals surface area (Å²) >= 11 is 0. The van der Waals surface area contributed by atoms with E-state index in [0.29, 0.717) is 16.7 Å². The van der Waals surface area contributed by atoms with Crippen molar-refractivity contribution in [2.24, 2.45) is 0 Å². The normalized spacial score (nSPS) is 10.6. The lowest BCUT2D eigenvalue weighted by molar-refractivity contribution is -0.384. The molecule has 0 saturated heterocycles. The van der Waals surface area contributed by atoms with Gasteiger partial charge < -0.3 is 9.15 Å². The highest BCUT2D eigenvalue weighted by atomic mass is 16.6. The van der Waals surface area contributed by atoms with Gasteiger partial charge in [-0.25, -0.2) is 0 Å². The van der Waals surface area contributed by atoms with Crippen LogP contribution in [-0.2, 0) is 0 Å². The molecule has 0 aliphatic rings. The van der Waals surface area contributed by atoms with Crippen LogP contribution in [0, 0.1) is 10.1 Å². The number of hydrogen-bond donors (Lipinski definition) is 0. The summed E-state index contributed by atoms with van der Waals surface area (Å²) in [6, 6.07) is 12.4. The molecule has 0 N–H and O–H groups in total. The molecule has 6 nitrogen and oxygen atoms in total. The molecular weight excluding hydrogens is 286 g/mol. The number of para-hydroxylation sites is 1. The predicted octanol–water partition coefficient (Wildman–Crippen LogP) is 3.38. The fourth-order valence-electron chi connectivity index (χ4n) is 2.23. The average Bonchev–Trinajstić information content (AvgIpc) is 2.54. The molecule has 22 heavy (non-hydrogen) atoms. The van der Waals surface area contributed by atoms with Crippen molar-refractivity contribution in [1.29, 1.82) is 0 Å². The highest BCUT2D eigenvalue weighted by Gasteiger charge is 2.19. The summed E-state index contributed by atoms with van der Waals surface area (Å²) in [5.74, 6) is 0.511. The molecule has 1 aromatic heterocycles. The van der Waals surface area contributed by atoms with Crippen LogP contribution in [0.15, 0.2) is 57.7 Å². The lowest BCUT2D eigenvalue weighted by Crippen LogP contribution is -2.01. The maximum Gasteiger partial charge on any atom is 0.284 e. The van der Waals surface area contributed by atoms with E-state index < -0.39 is 4.92 Å². The van der Waals surface area contributed by atoms with Gasteiger partial charge in [0.1, 0.15) is 17.1 Å². The minimum absolute atomic E-state index is 0.151. The Morgan fingerprint density at radius 2 is 1.91 bits per heavy atom. The van der Waals surface area contributed by atoms with E-state index in [2.05, 4.69) is 0 Å². The largest absolute Gasteiger partial charge is 0.497 e. The Hall–Kier alpha value is -3.15. The topological polar surface area (TPSA) is 82.6 Å². The van der Waals surface area contributed by atoms with Crippen molar-refractivity contribution in [2.75, 3.05) is 7.11 Å². The van der Waals surface area contributed by atoms with Gasteiger partial charge in [-0.3, -0.25) is 14.9 Å². The monoisotopic (exact) mass is 297 g/mol. The van der Waals surface area contributed by atoms with Crippen LogP contribution in [0.4, 0.5) is 5.69 Å². The lowest BCUT2D eigenvalue weighted by Gasteiger charge is -2.06. The first kappa shape index (κ1) is 13.8. The maximum atomic E-state index is 12.1. The first-order valence-corrected chi connectivity index (χ1v) is 6.46. The molecule has 6 heteroatoms. The van der Waals surface area contributed by atoms with Gasteiger partial charge in [0.15, 0.2) is 5.43 Å². The van der Waals surface area contributed by atoms with Crippen LogP contribution in [0.1, 0.15) is 0 Å². The summed E-state index contributed by atoms with van der Waals surface area (Å²) in [6.45, 7) is 0. The third kappa shape index (κ3) is 2.31. The van der Waals surface area contributed by atoms with Crippen LogP contribution < -0.4 is 10.2 Å². The van der Waals surface area contributed by atoms with E-state index in [1.807, 2.05) is 0 Å². The number of benzene rings is 2. The number of nitro benzene ring substituents is 1. The summed E-state index contributed by atoms with van der Waals surface area (Å²) in [4.78, 5) is 22.8. The Morgan fingerprint density at radius 1 is 1.14 bits per heavy atom. The fraction of sp³-hybridized carbons (Fsp3) is 0.0625. The van der Waals surface area contributed by atoms with Gasteiger partial charge >= 0.3 is 0 Å². The van der Waals surface area contributed by atoms with Crippen LogP contribution in [0.25, 0.3) is 22.3 Å². The zero-order valence-corrected chi connectivity index (χ0v) is 11.6. The van der Waals surface area contributed by atoms with Crippen LogP contribution in [0.3, 0.4) is 0 Å². The molecule has 0 spiro atoms. The van der Waals surface area contributed by atoms with E-state index in [4.69, 9.17) is 9.15 Å². The Kier molecular flexibility index (Phi) is 3.34. The van der Waals surface area contributed by atoms with Crippen LogP contribution in [0.5, 0.6) is 5.75 Å². The predicted molar refractivity (Wildman–Crippen MR) is 81.1 cm³/mol. The minimum Gasteiger partial charge on any atom is -0.497 e. The Labute approximate surface area is 124 Å². The van der Waals surface area contributed by atoms with Gasteiger partial charge in [0, 0.05) is 6.07 Å². The molecule has 0 aliphatic heterocycles.